The number of hydrogen-bond donors (Lipinski definition) is 3. The normalized spacial score (nSPS) is 10.7. The average molecular weight is 2270 g/mol. The second kappa shape index (κ2) is 54.4. The number of para-hydroxylation sites is 5. The van der Waals surface area contributed by atoms with E-state index in [1.165, 1.54) is 128 Å². The van der Waals surface area contributed by atoms with Crippen LogP contribution >= 0.6 is 9.03 Å². The number of carbonyl (C=O) groups excluding carboxylic acids is 2. The molecule has 14 nitrogen and oxygen atoms in total. The van der Waals surface area contributed by atoms with Gasteiger partial charge in [-0.1, -0.05) is 308 Å². The Balaban J connectivity index is 0.000000173. The van der Waals surface area contributed by atoms with Crippen molar-refractivity contribution in [2.45, 2.75) is 82.6 Å². The molecule has 142 heavy (non-hydrogen) atoms. The van der Waals surface area contributed by atoms with Crippen molar-refractivity contribution in [2.75, 3.05) is 9.80 Å². The third-order valence-electron chi connectivity index (χ3n) is 22.2. The van der Waals surface area contributed by atoms with Crippen molar-refractivity contribution in [3.63, 3.8) is 0 Å². The fourth-order valence-corrected chi connectivity index (χ4v) is 17.0. The maximum atomic E-state index is 10.0. The molecule has 20 aromatic rings. The number of rotatable bonds is 19. The zero-order valence-corrected chi connectivity index (χ0v) is 89.5. The van der Waals surface area contributed by atoms with E-state index in [9.17, 15) is 9.59 Å². The number of fused-ring (bicyclic) bond motifs is 6. The minimum Gasteiger partial charge on any atom is -0.649 e. The number of aryl methyl sites for hydroxylation is 5. The van der Waals surface area contributed by atoms with Crippen LogP contribution in [0.15, 0.2) is 430 Å². The number of ketones is 2. The molecular formula is C123H110Al2Ir2N7O7P-2. The van der Waals surface area contributed by atoms with Crippen LogP contribution in [-0.4, -0.2) is 74.2 Å². The van der Waals surface area contributed by atoms with E-state index in [-0.39, 0.29) is 63.3 Å². The van der Waals surface area contributed by atoms with Gasteiger partial charge < -0.3 is 31.4 Å². The Labute approximate surface area is 879 Å². The molecule has 16 aromatic carbocycles. The van der Waals surface area contributed by atoms with Crippen LogP contribution in [0.4, 0.5) is 34.1 Å². The zero-order valence-electron chi connectivity index (χ0n) is 82.1. The predicted octanol–water partition coefficient (Wildman–Crippen LogP) is 32.0. The Hall–Kier alpha value is -14.4. The summed E-state index contributed by atoms with van der Waals surface area (Å²) in [6, 6.07) is 146. The molecule has 4 radical (unpaired) electrons. The number of carbonyl (C=O) groups is 2. The Morgan fingerprint density at radius 3 is 1.29 bits per heavy atom. The van der Waals surface area contributed by atoms with Crippen molar-refractivity contribution in [1.29, 1.82) is 5.15 Å². The van der Waals surface area contributed by atoms with Gasteiger partial charge in [0, 0.05) is 109 Å². The van der Waals surface area contributed by atoms with E-state index in [0.717, 1.165) is 130 Å². The topological polar surface area (TPSA) is 184 Å². The number of nitrogens with zero attached hydrogens (tertiary/aromatic N) is 6. The van der Waals surface area contributed by atoms with Crippen molar-refractivity contribution in [3.8, 4) is 62.0 Å². The van der Waals surface area contributed by atoms with E-state index >= 15 is 0 Å². The summed E-state index contributed by atoms with van der Waals surface area (Å²) >= 11 is 0.801. The number of pyridine rings is 4. The van der Waals surface area contributed by atoms with Gasteiger partial charge in [-0.3, -0.25) is 29.7 Å². The molecule has 0 unspecified atom stereocenters. The molecule has 0 fully saturated rings. The molecule has 0 aliphatic rings. The van der Waals surface area contributed by atoms with Crippen LogP contribution in [0.25, 0.3) is 110 Å². The van der Waals surface area contributed by atoms with Crippen molar-refractivity contribution in [1.82, 2.24) is 19.9 Å². The summed E-state index contributed by atoms with van der Waals surface area (Å²) < 4.78 is 22.6. The number of benzene rings is 16. The molecule has 0 aliphatic carbocycles. The van der Waals surface area contributed by atoms with E-state index in [1.807, 2.05) is 110 Å². The Morgan fingerprint density at radius 1 is 0.415 bits per heavy atom. The maximum absolute atomic E-state index is 10.0. The van der Waals surface area contributed by atoms with Gasteiger partial charge in [-0.25, -0.2) is 4.98 Å². The molecule has 4 heterocycles. The van der Waals surface area contributed by atoms with Gasteiger partial charge in [-0.05, 0) is 226 Å². The van der Waals surface area contributed by atoms with Gasteiger partial charge in [0.25, 0.3) is 0 Å². The third kappa shape index (κ3) is 30.8. The van der Waals surface area contributed by atoms with Gasteiger partial charge in [-0.15, -0.1) is 69.8 Å². The molecule has 0 amide bonds. The molecule has 0 aliphatic heterocycles. The van der Waals surface area contributed by atoms with Gasteiger partial charge in [0.1, 0.15) is 22.5 Å². The van der Waals surface area contributed by atoms with Gasteiger partial charge in [0.15, 0.2) is 13.0 Å². The Kier molecular flexibility index (Phi) is 40.8. The summed E-state index contributed by atoms with van der Waals surface area (Å²) in [7, 11) is 2.48. The molecular weight excluding hydrogens is 2160 g/mol. The molecule has 4 aromatic heterocycles. The molecule has 0 atom stereocenters. The fourth-order valence-electron chi connectivity index (χ4n) is 16.2. The van der Waals surface area contributed by atoms with E-state index in [1.54, 1.807) is 6.20 Å². The van der Waals surface area contributed by atoms with Crippen molar-refractivity contribution < 1.29 is 72.8 Å². The smallest absolute Gasteiger partial charge is 0.649 e. The Morgan fingerprint density at radius 2 is 0.810 bits per heavy atom. The summed E-state index contributed by atoms with van der Waals surface area (Å²) in [6.45, 7) is 20.5. The molecule has 3 N–H and O–H groups in total. The molecule has 0 saturated heterocycles. The predicted molar refractivity (Wildman–Crippen MR) is 586 cm³/mol. The van der Waals surface area contributed by atoms with E-state index in [4.69, 9.17) is 33.0 Å². The largest absolute Gasteiger partial charge is 0.881 e. The maximum Gasteiger partial charge on any atom is 0.881 e. The monoisotopic (exact) mass is 2270 g/mol. The van der Waals surface area contributed by atoms with Crippen LogP contribution in [0.5, 0.6) is 17.2 Å². The van der Waals surface area contributed by atoms with Crippen molar-refractivity contribution in [2.24, 2.45) is 5.92 Å². The number of nitrogens with one attached hydrogen (secondary N) is 1. The molecule has 19 heteroatoms. The van der Waals surface area contributed by atoms with Crippen LogP contribution in [0, 0.1) is 57.8 Å². The van der Waals surface area contributed by atoms with Gasteiger partial charge in [0.2, 0.25) is 0 Å². The summed E-state index contributed by atoms with van der Waals surface area (Å²) in [4.78, 5) is 43.1. The summed E-state index contributed by atoms with van der Waals surface area (Å²) in [5, 5.41) is 28.7. The summed E-state index contributed by atoms with van der Waals surface area (Å²) in [6.07, 6.45) is 5.20. The van der Waals surface area contributed by atoms with Gasteiger partial charge in [0.05, 0.1) is 39.7 Å². The first-order valence-corrected chi connectivity index (χ1v) is 48.0. The Bertz CT molecular complexity index is 7430. The minimum absolute atomic E-state index is 0. The molecule has 0 saturated carbocycles. The molecule has 0 spiro atoms. The van der Waals surface area contributed by atoms with Crippen LogP contribution in [0.2, 0.25) is 1.41 Å². The van der Waals surface area contributed by atoms with Crippen LogP contribution in [-0.2, 0) is 56.2 Å². The SMILES string of the molecule is CC(=O)C=C(C)O.CC(=O)C=C(C)O.Cc1[c-]c(-c2ccc3ccc(CC(C)C)cc3n2)cc(C)c1.Cc1[c-]c(-c2ccc3ccccc3n2)cc(C)c1.Cc1ccc2cccc([O][Al][O]c3ccc(-c4ccccc4)cc3)c2n1.[2H]N=P.[AlH][O]c1cccc2cccnc12.[Ir].[Ir].c1ccc(N(c2ccc(-c3ccc(N(c4ccccc4)c4cccc5ccccc45)cc3)cc2)c2cccc3ccccc23)cc1. The minimum atomic E-state index is -0.665. The van der Waals surface area contributed by atoms with Crippen molar-refractivity contribution in [3.05, 3.63) is 476 Å². The third-order valence-corrected chi connectivity index (χ3v) is 23.2. The van der Waals surface area contributed by atoms with Gasteiger partial charge in [-0.2, -0.15) is 0 Å². The van der Waals surface area contributed by atoms with Crippen LogP contribution in [0.1, 0.15) is 75.1 Å². The number of hydrogen-bond acceptors (Lipinski definition) is 14. The van der Waals surface area contributed by atoms with Crippen LogP contribution < -0.4 is 21.2 Å². The number of aliphatic hydroxyl groups excluding tert-OH is 2. The summed E-state index contributed by atoms with van der Waals surface area (Å²) in [5.74, 6) is 2.95. The van der Waals surface area contributed by atoms with E-state index in [2.05, 4.69) is 385 Å². The van der Waals surface area contributed by atoms with E-state index in [0.29, 0.717) is 5.92 Å². The molecule has 20 rings (SSSR count). The second-order valence-corrected chi connectivity index (χ2v) is 34.9. The zero-order chi connectivity index (χ0) is 99.5. The number of anilines is 6. The summed E-state index contributed by atoms with van der Waals surface area (Å²) in [5.41, 5.74) is 26.7. The number of aliphatic hydroxyl groups is 2. The quantitative estimate of drug-likeness (QED) is 0.0229. The number of allylic oxidation sites excluding steroid dienone is 4. The average Bonchev–Trinajstić information content (AvgIpc) is 0.777. The first-order valence-electron chi connectivity index (χ1n) is 46.5. The second-order valence-electron chi connectivity index (χ2n) is 33.9. The molecule has 0 bridgehead atoms. The fraction of sp³-hybridized carbons (Fsp3) is 0.106. The first kappa shape index (κ1) is 106. The number of aromatic nitrogens is 4. The van der Waals surface area contributed by atoms with Crippen LogP contribution in [0.3, 0.4) is 0 Å². The van der Waals surface area contributed by atoms with Gasteiger partial charge >= 0.3 is 32.5 Å². The molecule has 710 valence electrons. The van der Waals surface area contributed by atoms with E-state index < -0.39 is 15.9 Å². The first-order chi connectivity index (χ1) is 68.4. The van der Waals surface area contributed by atoms with Crippen molar-refractivity contribution >= 4 is 152 Å². The standard InChI is InChI=1S/C44H32N2.C21H22N.C17H14N.C12H10O.C10H9NO.C9H7NO.2C5H8O2.2Al.2Ir.H2NP.H/c1-3-17-37(18-4-1)45(43-23-11-15-35-13-7-9-21-41(35)43)39-29-25-33(26-30-39)34-27-31-40(32-28-34)46(38-19-5-2-6-20-38)44-24-12-16-36-14-8-10-22-42(36)44;1-14(2)9-17-5-6-18-7-8-20(22-21(18)13-17)19-11-15(3)10-16(4)12-19;1-12-9-13(2)11-15(10-12)17-8-7-14-5-3-4-6-16(14)18-17;13-12-8-6-11(7-9-12)10-4-2-1-3-5-10;1-7-5-6-8-3-2-4-9(12)10(8)11-7;11-8-5-1-3-7-4-2-6-10-9(7)8;2*1-4(6)3-5(2)7;;;;;1-2;/h1-32H;5-8,10-11,13-14H,9H2,1-4H3;3-10H,1-2H3;1-9,13H;2-6,12H,1H3;1-6,11H;2*3,6H,1-2H3;;;;;1-2H;/q;2*-1;;;;;;+1;+2;;;;/p-3/i/hD.